The van der Waals surface area contributed by atoms with Gasteiger partial charge < -0.3 is 15.8 Å². The van der Waals surface area contributed by atoms with E-state index >= 15 is 0 Å². The number of aromatic amines is 1. The van der Waals surface area contributed by atoms with Crippen LogP contribution in [0.25, 0.3) is 16.6 Å². The van der Waals surface area contributed by atoms with Gasteiger partial charge >= 0.3 is 5.91 Å². The summed E-state index contributed by atoms with van der Waals surface area (Å²) in [6.45, 7) is 0. The largest absolute Gasteiger partial charge is 0.493 e. The summed E-state index contributed by atoms with van der Waals surface area (Å²) in [6.07, 6.45) is 1.22. The zero-order valence-corrected chi connectivity index (χ0v) is 17.9. The molecule has 31 heavy (non-hydrogen) atoms. The monoisotopic (exact) mass is 503 g/mol. The first-order chi connectivity index (χ1) is 14.6. The van der Waals surface area contributed by atoms with Crippen molar-refractivity contribution in [2.75, 3.05) is 5.73 Å². The number of anilines is 1. The molecule has 2 heterocycles. The van der Waals surface area contributed by atoms with Crippen molar-refractivity contribution in [3.8, 4) is 11.6 Å². The van der Waals surface area contributed by atoms with E-state index in [0.717, 1.165) is 4.47 Å². The van der Waals surface area contributed by atoms with E-state index in [0.29, 0.717) is 16.6 Å². The normalized spacial score (nSPS) is 12.1. The number of rotatable bonds is 4. The fourth-order valence-corrected chi connectivity index (χ4v) is 3.77. The third-order valence-corrected chi connectivity index (χ3v) is 5.82. The number of amides is 1. The number of nitrogens with one attached hydrogen (secondary N) is 1. The number of halogens is 1. The van der Waals surface area contributed by atoms with E-state index in [1.165, 1.54) is 35.1 Å². The number of carbonyl (C=O) groups excluding carboxylic acids is 1. The van der Waals surface area contributed by atoms with Gasteiger partial charge in [0.1, 0.15) is 11.4 Å². The van der Waals surface area contributed by atoms with Crippen molar-refractivity contribution >= 4 is 54.3 Å². The first kappa shape index (κ1) is 20.7. The minimum absolute atomic E-state index is 0.0141. The standard InChI is InChI=1S/C18H14BrN7O4S/c19-9-1-6-14-12(7-9)15(18(28)23-14)24-25-17(27)13-8-22-26(16(13)20)10-2-4-11(5-3-10)31(21,29)30/h1-8,23,28H,20H2,(H2,21,29,30). The van der Waals surface area contributed by atoms with Crippen molar-refractivity contribution in [2.45, 2.75) is 4.90 Å². The van der Waals surface area contributed by atoms with Crippen molar-refractivity contribution in [3.63, 3.8) is 0 Å². The molecule has 13 heteroatoms. The first-order valence-corrected chi connectivity index (χ1v) is 10.9. The van der Waals surface area contributed by atoms with Crippen molar-refractivity contribution in [3.05, 3.63) is 58.7 Å². The maximum absolute atomic E-state index is 12.5. The molecule has 4 rings (SSSR count). The van der Waals surface area contributed by atoms with Crippen molar-refractivity contribution in [1.29, 1.82) is 0 Å². The molecule has 0 atom stereocenters. The molecule has 0 fully saturated rings. The van der Waals surface area contributed by atoms with Crippen molar-refractivity contribution < 1.29 is 18.3 Å². The molecule has 0 spiro atoms. The van der Waals surface area contributed by atoms with E-state index in [4.69, 9.17) is 10.9 Å². The molecule has 158 valence electrons. The first-order valence-electron chi connectivity index (χ1n) is 8.58. The fourth-order valence-electron chi connectivity index (χ4n) is 2.89. The summed E-state index contributed by atoms with van der Waals surface area (Å²) in [6, 6.07) is 10.7. The minimum atomic E-state index is -3.84. The molecule has 0 bridgehead atoms. The highest BCUT2D eigenvalue weighted by Crippen LogP contribution is 2.37. The quantitative estimate of drug-likeness (QED) is 0.310. The average molecular weight is 504 g/mol. The second-order valence-electron chi connectivity index (χ2n) is 6.41. The van der Waals surface area contributed by atoms with E-state index in [1.807, 2.05) is 0 Å². The van der Waals surface area contributed by atoms with Crippen LogP contribution in [0.3, 0.4) is 0 Å². The van der Waals surface area contributed by atoms with Crippen LogP contribution in [-0.2, 0) is 10.0 Å². The maximum Gasteiger partial charge on any atom is 0.300 e. The third kappa shape index (κ3) is 3.93. The summed E-state index contributed by atoms with van der Waals surface area (Å²) in [5, 5.41) is 27.3. The Morgan fingerprint density at radius 3 is 2.58 bits per heavy atom. The molecule has 6 N–H and O–H groups in total. The van der Waals surface area contributed by atoms with Gasteiger partial charge in [-0.15, -0.1) is 10.2 Å². The lowest BCUT2D eigenvalue weighted by atomic mass is 10.2. The number of hydrogen-bond donors (Lipinski definition) is 4. The zero-order valence-electron chi connectivity index (χ0n) is 15.5. The van der Waals surface area contributed by atoms with Crippen LogP contribution in [0.4, 0.5) is 11.5 Å². The Morgan fingerprint density at radius 2 is 1.90 bits per heavy atom. The molecule has 2 aromatic carbocycles. The predicted octanol–water partition coefficient (Wildman–Crippen LogP) is 2.98. The van der Waals surface area contributed by atoms with Crippen LogP contribution >= 0.6 is 15.9 Å². The molecule has 0 saturated heterocycles. The number of primary sulfonamides is 1. The Balaban J connectivity index is 1.63. The fraction of sp³-hybridized carbons (Fsp3) is 0. The molecule has 0 aliphatic carbocycles. The third-order valence-electron chi connectivity index (χ3n) is 4.40. The van der Waals surface area contributed by atoms with Gasteiger partial charge in [-0.2, -0.15) is 5.10 Å². The Morgan fingerprint density at radius 1 is 1.19 bits per heavy atom. The van der Waals surface area contributed by atoms with Crippen LogP contribution in [0.1, 0.15) is 10.4 Å². The number of sulfonamides is 1. The van der Waals surface area contributed by atoms with E-state index in [-0.39, 0.29) is 27.8 Å². The number of nitrogen functional groups attached to an aromatic ring is 1. The highest BCUT2D eigenvalue weighted by atomic mass is 79.9. The molecule has 1 amide bonds. The Kier molecular flexibility index (Phi) is 5.08. The summed E-state index contributed by atoms with van der Waals surface area (Å²) in [4.78, 5) is 15.2. The molecular weight excluding hydrogens is 490 g/mol. The maximum atomic E-state index is 12.5. The van der Waals surface area contributed by atoms with Gasteiger partial charge in [0, 0.05) is 9.86 Å². The van der Waals surface area contributed by atoms with Gasteiger partial charge in [0.15, 0.2) is 5.69 Å². The minimum Gasteiger partial charge on any atom is -0.493 e. The number of benzene rings is 2. The molecule has 0 unspecified atom stereocenters. The number of H-pyrrole nitrogens is 1. The van der Waals surface area contributed by atoms with Gasteiger partial charge in [-0.25, -0.2) is 18.2 Å². The van der Waals surface area contributed by atoms with Gasteiger partial charge in [0.25, 0.3) is 0 Å². The average Bonchev–Trinajstić information content (AvgIpc) is 3.24. The lowest BCUT2D eigenvalue weighted by Gasteiger charge is -2.05. The van der Waals surface area contributed by atoms with Crippen LogP contribution < -0.4 is 10.9 Å². The van der Waals surface area contributed by atoms with Crippen LogP contribution in [-0.4, -0.2) is 34.2 Å². The van der Waals surface area contributed by atoms with E-state index in [9.17, 15) is 18.3 Å². The number of aromatic hydroxyl groups is 1. The van der Waals surface area contributed by atoms with E-state index in [2.05, 4.69) is 36.2 Å². The lowest BCUT2D eigenvalue weighted by molar-refractivity contribution is 0.0996. The Hall–Kier alpha value is -3.55. The molecule has 4 aromatic rings. The topological polar surface area (TPSA) is 182 Å². The number of azo groups is 1. The second kappa shape index (κ2) is 7.61. The van der Waals surface area contributed by atoms with Gasteiger partial charge in [-0.05, 0) is 42.5 Å². The second-order valence-corrected chi connectivity index (χ2v) is 8.89. The Labute approximate surface area is 183 Å². The van der Waals surface area contributed by atoms with Gasteiger partial charge in [0.2, 0.25) is 15.9 Å². The highest BCUT2D eigenvalue weighted by Gasteiger charge is 2.18. The predicted molar refractivity (Wildman–Crippen MR) is 116 cm³/mol. The molecule has 11 nitrogen and oxygen atoms in total. The molecule has 2 aromatic heterocycles. The lowest BCUT2D eigenvalue weighted by Crippen LogP contribution is -2.12. The molecule has 0 aliphatic rings. The van der Waals surface area contributed by atoms with Crippen LogP contribution in [0.2, 0.25) is 0 Å². The zero-order chi connectivity index (χ0) is 22.3. The number of hydrogen-bond acceptors (Lipinski definition) is 7. The van der Waals surface area contributed by atoms with Crippen LogP contribution in [0.5, 0.6) is 5.88 Å². The summed E-state index contributed by atoms with van der Waals surface area (Å²) >= 11 is 3.34. The van der Waals surface area contributed by atoms with Gasteiger partial charge in [0.05, 0.1) is 22.3 Å². The number of nitrogens with two attached hydrogens (primary N) is 2. The summed E-state index contributed by atoms with van der Waals surface area (Å²) in [5.41, 5.74) is 7.15. The highest BCUT2D eigenvalue weighted by molar-refractivity contribution is 9.10. The van der Waals surface area contributed by atoms with Crippen molar-refractivity contribution in [2.24, 2.45) is 15.4 Å². The summed E-state index contributed by atoms with van der Waals surface area (Å²) < 4.78 is 24.8. The summed E-state index contributed by atoms with van der Waals surface area (Å²) in [5.74, 6) is -1.02. The van der Waals surface area contributed by atoms with Crippen molar-refractivity contribution in [1.82, 2.24) is 14.8 Å². The molecule has 0 saturated carbocycles. The van der Waals surface area contributed by atoms with Crippen LogP contribution in [0.15, 0.2) is 68.3 Å². The smallest absolute Gasteiger partial charge is 0.300 e. The number of nitrogens with zero attached hydrogens (tertiary/aromatic N) is 4. The van der Waals surface area contributed by atoms with Crippen LogP contribution in [0, 0.1) is 0 Å². The summed E-state index contributed by atoms with van der Waals surface area (Å²) in [7, 11) is -3.84. The number of carbonyl (C=O) groups is 1. The van der Waals surface area contributed by atoms with E-state index in [1.54, 1.807) is 18.2 Å². The molecule has 0 aliphatic heterocycles. The van der Waals surface area contributed by atoms with Gasteiger partial charge in [-0.1, -0.05) is 15.9 Å². The Bertz CT molecular complexity index is 1460. The SMILES string of the molecule is Nc1c(C(=O)N=Nc2c(O)[nH]c3ccc(Br)cc23)cnn1-c1ccc(S(N)(=O)=O)cc1. The number of aromatic nitrogens is 3. The van der Waals surface area contributed by atoms with Gasteiger partial charge in [-0.3, -0.25) is 4.79 Å². The van der Waals surface area contributed by atoms with E-state index < -0.39 is 15.9 Å². The molecule has 0 radical (unpaired) electrons. The number of fused-ring (bicyclic) bond motifs is 1. The molecular formula is C18H14BrN7O4S.